The molecule has 1 rings (SSSR count). The Morgan fingerprint density at radius 3 is 3.00 bits per heavy atom. The van der Waals surface area contributed by atoms with E-state index in [1.165, 1.54) is 0 Å². The third-order valence-corrected chi connectivity index (χ3v) is 2.45. The number of pyridine rings is 1. The van der Waals surface area contributed by atoms with Crippen LogP contribution in [0.4, 0.5) is 0 Å². The van der Waals surface area contributed by atoms with Crippen LogP contribution in [0.15, 0.2) is 18.3 Å². The van der Waals surface area contributed by atoms with Crippen molar-refractivity contribution >= 4 is 28.5 Å². The SMILES string of the molecule is CC(Cc1cc(I)ccn1)C(N)=O. The third-order valence-electron chi connectivity index (χ3n) is 1.78. The predicted molar refractivity (Wildman–Crippen MR) is 59.0 cm³/mol. The van der Waals surface area contributed by atoms with Crippen molar-refractivity contribution in [2.75, 3.05) is 0 Å². The topological polar surface area (TPSA) is 56.0 Å². The van der Waals surface area contributed by atoms with Crippen LogP contribution in [0.5, 0.6) is 0 Å². The van der Waals surface area contributed by atoms with Gasteiger partial charge in [-0.15, -0.1) is 0 Å². The summed E-state index contributed by atoms with van der Waals surface area (Å²) >= 11 is 2.21. The number of halogens is 1. The molecule has 13 heavy (non-hydrogen) atoms. The minimum Gasteiger partial charge on any atom is -0.369 e. The molecule has 0 aliphatic carbocycles. The number of carbonyl (C=O) groups excluding carboxylic acids is 1. The van der Waals surface area contributed by atoms with Gasteiger partial charge in [0.15, 0.2) is 0 Å². The molecule has 1 aromatic rings. The number of aromatic nitrogens is 1. The van der Waals surface area contributed by atoms with Gasteiger partial charge in [-0.25, -0.2) is 0 Å². The Kier molecular flexibility index (Phi) is 3.65. The van der Waals surface area contributed by atoms with Crippen molar-refractivity contribution in [2.45, 2.75) is 13.3 Å². The summed E-state index contributed by atoms with van der Waals surface area (Å²) in [5.41, 5.74) is 6.07. The molecule has 0 aliphatic rings. The molecule has 3 nitrogen and oxygen atoms in total. The monoisotopic (exact) mass is 290 g/mol. The van der Waals surface area contributed by atoms with E-state index >= 15 is 0 Å². The zero-order chi connectivity index (χ0) is 9.84. The number of rotatable bonds is 3. The molecule has 4 heteroatoms. The van der Waals surface area contributed by atoms with Gasteiger partial charge in [0.05, 0.1) is 0 Å². The van der Waals surface area contributed by atoms with E-state index in [0.29, 0.717) is 6.42 Å². The van der Waals surface area contributed by atoms with Gasteiger partial charge in [0.25, 0.3) is 0 Å². The van der Waals surface area contributed by atoms with Crippen LogP contribution < -0.4 is 5.73 Å². The van der Waals surface area contributed by atoms with Gasteiger partial charge >= 0.3 is 0 Å². The van der Waals surface area contributed by atoms with Crippen molar-refractivity contribution in [1.29, 1.82) is 0 Å². The van der Waals surface area contributed by atoms with Crippen LogP contribution in [0.3, 0.4) is 0 Å². The second-order valence-corrected chi connectivity index (χ2v) is 4.22. The van der Waals surface area contributed by atoms with E-state index in [0.717, 1.165) is 9.26 Å². The lowest BCUT2D eigenvalue weighted by molar-refractivity contribution is -0.121. The molecule has 0 saturated carbocycles. The number of nitrogens with zero attached hydrogens (tertiary/aromatic N) is 1. The summed E-state index contributed by atoms with van der Waals surface area (Å²) in [5, 5.41) is 0. The first-order chi connectivity index (χ1) is 6.09. The van der Waals surface area contributed by atoms with Gasteiger partial charge in [-0.3, -0.25) is 9.78 Å². The van der Waals surface area contributed by atoms with E-state index in [1.807, 2.05) is 19.1 Å². The van der Waals surface area contributed by atoms with Crippen molar-refractivity contribution < 1.29 is 4.79 Å². The fourth-order valence-corrected chi connectivity index (χ4v) is 1.49. The Morgan fingerprint density at radius 1 is 1.77 bits per heavy atom. The summed E-state index contributed by atoms with van der Waals surface area (Å²) < 4.78 is 1.12. The van der Waals surface area contributed by atoms with Gasteiger partial charge in [-0.05, 0) is 34.7 Å². The molecule has 1 aromatic heterocycles. The molecule has 2 N–H and O–H groups in total. The van der Waals surface area contributed by atoms with E-state index in [2.05, 4.69) is 27.6 Å². The Bertz CT molecular complexity index is 314. The molecule has 1 heterocycles. The second-order valence-electron chi connectivity index (χ2n) is 2.97. The Morgan fingerprint density at radius 2 is 2.46 bits per heavy atom. The summed E-state index contributed by atoms with van der Waals surface area (Å²) in [6.45, 7) is 1.81. The Hall–Kier alpha value is -0.650. The standard InChI is InChI=1S/C9H11IN2O/c1-6(9(11)13)4-8-5-7(10)2-3-12-8/h2-3,5-6H,4H2,1H3,(H2,11,13). The van der Waals surface area contributed by atoms with Crippen LogP contribution in [-0.2, 0) is 11.2 Å². The molecule has 0 aromatic carbocycles. The Balaban J connectivity index is 2.69. The minimum atomic E-state index is -0.277. The molecule has 0 fully saturated rings. The molecule has 1 amide bonds. The molecule has 0 radical (unpaired) electrons. The predicted octanol–water partition coefficient (Wildman–Crippen LogP) is 1.35. The van der Waals surface area contributed by atoms with Gasteiger partial charge in [0.1, 0.15) is 0 Å². The molecule has 0 aliphatic heterocycles. The summed E-state index contributed by atoms with van der Waals surface area (Å²) in [6.07, 6.45) is 2.36. The fraction of sp³-hybridized carbons (Fsp3) is 0.333. The van der Waals surface area contributed by atoms with E-state index in [9.17, 15) is 4.79 Å². The smallest absolute Gasteiger partial charge is 0.220 e. The largest absolute Gasteiger partial charge is 0.369 e. The van der Waals surface area contributed by atoms with Gasteiger partial charge in [-0.2, -0.15) is 0 Å². The number of amides is 1. The summed E-state index contributed by atoms with van der Waals surface area (Å²) in [7, 11) is 0. The normalized spacial score (nSPS) is 12.5. The fourth-order valence-electron chi connectivity index (χ4n) is 0.975. The number of hydrogen-bond acceptors (Lipinski definition) is 2. The number of primary amides is 1. The molecule has 70 valence electrons. The van der Waals surface area contributed by atoms with Crippen molar-refractivity contribution in [3.63, 3.8) is 0 Å². The van der Waals surface area contributed by atoms with E-state index < -0.39 is 0 Å². The average molecular weight is 290 g/mol. The van der Waals surface area contributed by atoms with Gasteiger partial charge in [-0.1, -0.05) is 6.92 Å². The molecular formula is C9H11IN2O. The first-order valence-electron chi connectivity index (χ1n) is 3.99. The number of nitrogens with two attached hydrogens (primary N) is 1. The number of carbonyl (C=O) groups is 1. The maximum atomic E-state index is 10.8. The maximum absolute atomic E-state index is 10.8. The average Bonchev–Trinajstić information content (AvgIpc) is 2.04. The van der Waals surface area contributed by atoms with Crippen molar-refractivity contribution in [3.05, 3.63) is 27.6 Å². The maximum Gasteiger partial charge on any atom is 0.220 e. The highest BCUT2D eigenvalue weighted by Crippen LogP contribution is 2.09. The molecular weight excluding hydrogens is 279 g/mol. The van der Waals surface area contributed by atoms with Gasteiger partial charge < -0.3 is 5.73 Å². The Labute approximate surface area is 90.9 Å². The minimum absolute atomic E-state index is 0.148. The first-order valence-corrected chi connectivity index (χ1v) is 5.07. The highest BCUT2D eigenvalue weighted by atomic mass is 127. The molecule has 0 saturated heterocycles. The van der Waals surface area contributed by atoms with Crippen molar-refractivity contribution in [3.8, 4) is 0 Å². The van der Waals surface area contributed by atoms with Gasteiger partial charge in [0.2, 0.25) is 5.91 Å². The second kappa shape index (κ2) is 4.55. The van der Waals surface area contributed by atoms with Crippen molar-refractivity contribution in [1.82, 2.24) is 4.98 Å². The lowest BCUT2D eigenvalue weighted by Gasteiger charge is -2.05. The zero-order valence-corrected chi connectivity index (χ0v) is 9.48. The van der Waals surface area contributed by atoms with E-state index in [4.69, 9.17) is 5.73 Å². The quantitative estimate of drug-likeness (QED) is 0.854. The zero-order valence-electron chi connectivity index (χ0n) is 7.33. The lowest BCUT2D eigenvalue weighted by Crippen LogP contribution is -2.22. The van der Waals surface area contributed by atoms with Crippen LogP contribution in [0.1, 0.15) is 12.6 Å². The van der Waals surface area contributed by atoms with Crippen LogP contribution in [-0.4, -0.2) is 10.9 Å². The van der Waals surface area contributed by atoms with E-state index in [-0.39, 0.29) is 11.8 Å². The molecule has 0 bridgehead atoms. The van der Waals surface area contributed by atoms with E-state index in [1.54, 1.807) is 6.20 Å². The summed E-state index contributed by atoms with van der Waals surface area (Å²) in [6, 6.07) is 3.87. The highest BCUT2D eigenvalue weighted by molar-refractivity contribution is 14.1. The van der Waals surface area contributed by atoms with Crippen LogP contribution in [0.2, 0.25) is 0 Å². The number of hydrogen-bond donors (Lipinski definition) is 1. The van der Waals surface area contributed by atoms with Crippen LogP contribution >= 0.6 is 22.6 Å². The highest BCUT2D eigenvalue weighted by Gasteiger charge is 2.09. The summed E-state index contributed by atoms with van der Waals surface area (Å²) in [4.78, 5) is 14.9. The lowest BCUT2D eigenvalue weighted by atomic mass is 10.1. The van der Waals surface area contributed by atoms with Gasteiger partial charge in [0, 0.05) is 27.8 Å². The van der Waals surface area contributed by atoms with Crippen LogP contribution in [0, 0.1) is 9.49 Å². The molecule has 0 spiro atoms. The summed E-state index contributed by atoms with van der Waals surface area (Å²) in [5.74, 6) is -0.425. The first kappa shape index (κ1) is 10.4. The van der Waals surface area contributed by atoms with Crippen molar-refractivity contribution in [2.24, 2.45) is 11.7 Å². The van der Waals surface area contributed by atoms with Crippen LogP contribution in [0.25, 0.3) is 0 Å². The molecule has 1 atom stereocenters. The molecule has 1 unspecified atom stereocenters. The third kappa shape index (κ3) is 3.30.